The van der Waals surface area contributed by atoms with Gasteiger partial charge in [0.25, 0.3) is 0 Å². The maximum absolute atomic E-state index is 11.4. The predicted octanol–water partition coefficient (Wildman–Crippen LogP) is 1.92. The van der Waals surface area contributed by atoms with Crippen LogP contribution in [0.5, 0.6) is 0 Å². The van der Waals surface area contributed by atoms with E-state index in [9.17, 15) is 9.59 Å². The summed E-state index contributed by atoms with van der Waals surface area (Å²) in [6.07, 6.45) is 0.858. The van der Waals surface area contributed by atoms with Gasteiger partial charge in [-0.2, -0.15) is 0 Å². The zero-order valence-corrected chi connectivity index (χ0v) is 14.2. The number of carbonyl (C=O) groups is 2. The highest BCUT2D eigenvalue weighted by atomic mass is 16.8. The van der Waals surface area contributed by atoms with Crippen molar-refractivity contribution in [1.29, 1.82) is 0 Å². The Bertz CT molecular complexity index is 432. The summed E-state index contributed by atoms with van der Waals surface area (Å²) in [7, 11) is 0. The minimum absolute atomic E-state index is 0.124. The average molecular weight is 330 g/mol. The average Bonchev–Trinajstić information content (AvgIpc) is 2.81. The summed E-state index contributed by atoms with van der Waals surface area (Å²) in [6, 6.07) is 0. The number of carbonyl (C=O) groups excluding carboxylic acids is 2. The first-order chi connectivity index (χ1) is 10.9. The lowest BCUT2D eigenvalue weighted by molar-refractivity contribution is -0.242. The van der Waals surface area contributed by atoms with Crippen molar-refractivity contribution in [3.8, 4) is 0 Å². The summed E-state index contributed by atoms with van der Waals surface area (Å²) < 4.78 is 28.4. The Kier molecular flexibility index (Phi) is 6.00. The monoisotopic (exact) mass is 330 g/mol. The highest BCUT2D eigenvalue weighted by Crippen LogP contribution is 2.40. The van der Waals surface area contributed by atoms with Gasteiger partial charge in [-0.1, -0.05) is 13.8 Å². The standard InChI is InChI=1S/C16H26O7/c1-5-16(6-2)22-13-8-7-12(9-19-10(3)17)21-15(14(13)23-16)20-11(4)18/h12-15H,5-9H2,1-4H3/t12-,13+,14+,15?/m0/s1. The molecule has 0 spiro atoms. The van der Waals surface area contributed by atoms with Gasteiger partial charge in [-0.3, -0.25) is 9.59 Å². The number of ether oxygens (including phenoxy) is 5. The van der Waals surface area contributed by atoms with Crippen molar-refractivity contribution in [3.63, 3.8) is 0 Å². The molecule has 0 bridgehead atoms. The molecule has 2 heterocycles. The maximum atomic E-state index is 11.4. The topological polar surface area (TPSA) is 80.3 Å². The molecule has 0 N–H and O–H groups in total. The molecule has 1 unspecified atom stereocenters. The van der Waals surface area contributed by atoms with Crippen LogP contribution in [0.2, 0.25) is 0 Å². The highest BCUT2D eigenvalue weighted by Gasteiger charge is 2.51. The third-order valence-electron chi connectivity index (χ3n) is 4.28. The Balaban J connectivity index is 2.10. The highest BCUT2D eigenvalue weighted by molar-refractivity contribution is 5.66. The van der Waals surface area contributed by atoms with Crippen LogP contribution < -0.4 is 0 Å². The Morgan fingerprint density at radius 2 is 1.78 bits per heavy atom. The van der Waals surface area contributed by atoms with Crippen LogP contribution in [-0.2, 0) is 33.3 Å². The molecular weight excluding hydrogens is 304 g/mol. The molecule has 7 heteroatoms. The lowest BCUT2D eigenvalue weighted by Gasteiger charge is -2.28. The molecule has 0 aromatic heterocycles. The van der Waals surface area contributed by atoms with Crippen LogP contribution in [0, 0.1) is 0 Å². The van der Waals surface area contributed by atoms with Gasteiger partial charge in [0.05, 0.1) is 12.2 Å². The minimum atomic E-state index is -0.861. The van der Waals surface area contributed by atoms with Gasteiger partial charge in [0.1, 0.15) is 12.7 Å². The molecule has 0 radical (unpaired) electrons. The number of rotatable bonds is 5. The van der Waals surface area contributed by atoms with Crippen molar-refractivity contribution in [2.75, 3.05) is 6.61 Å². The van der Waals surface area contributed by atoms with E-state index in [1.54, 1.807) is 0 Å². The lowest BCUT2D eigenvalue weighted by Crippen LogP contribution is -2.40. The Morgan fingerprint density at radius 1 is 1.09 bits per heavy atom. The first-order valence-corrected chi connectivity index (χ1v) is 8.20. The molecule has 2 aliphatic rings. The SMILES string of the molecule is CCC1(CC)O[C@@H]2CC[C@@H](COC(C)=O)OC(OC(C)=O)[C@@H]2O1. The predicted molar refractivity (Wildman–Crippen MR) is 79.4 cm³/mol. The van der Waals surface area contributed by atoms with Gasteiger partial charge in [0, 0.05) is 13.8 Å². The van der Waals surface area contributed by atoms with E-state index < -0.39 is 24.2 Å². The number of fused-ring (bicyclic) bond motifs is 1. The van der Waals surface area contributed by atoms with E-state index in [0.717, 1.165) is 0 Å². The van der Waals surface area contributed by atoms with E-state index in [4.69, 9.17) is 23.7 Å². The first kappa shape index (κ1) is 18.2. The molecule has 7 nitrogen and oxygen atoms in total. The Labute approximate surface area is 136 Å². The second kappa shape index (κ2) is 7.59. The molecule has 2 fully saturated rings. The molecule has 132 valence electrons. The van der Waals surface area contributed by atoms with E-state index in [1.807, 2.05) is 13.8 Å². The van der Waals surface area contributed by atoms with Crippen molar-refractivity contribution in [2.24, 2.45) is 0 Å². The zero-order valence-electron chi connectivity index (χ0n) is 14.2. The zero-order chi connectivity index (χ0) is 17.0. The van der Waals surface area contributed by atoms with Gasteiger partial charge < -0.3 is 23.7 Å². The van der Waals surface area contributed by atoms with Gasteiger partial charge in [-0.15, -0.1) is 0 Å². The number of esters is 2. The van der Waals surface area contributed by atoms with Crippen LogP contribution in [0.3, 0.4) is 0 Å². The second-order valence-corrected chi connectivity index (χ2v) is 5.97. The van der Waals surface area contributed by atoms with Crippen LogP contribution in [-0.4, -0.2) is 48.9 Å². The summed E-state index contributed by atoms with van der Waals surface area (Å²) in [5.41, 5.74) is 0. The van der Waals surface area contributed by atoms with Gasteiger partial charge in [0.2, 0.25) is 6.29 Å². The van der Waals surface area contributed by atoms with Crippen LogP contribution in [0.4, 0.5) is 0 Å². The van der Waals surface area contributed by atoms with Crippen LogP contribution in [0.15, 0.2) is 0 Å². The summed E-state index contributed by atoms with van der Waals surface area (Å²) >= 11 is 0. The maximum Gasteiger partial charge on any atom is 0.305 e. The first-order valence-electron chi connectivity index (χ1n) is 8.20. The van der Waals surface area contributed by atoms with Crippen LogP contribution >= 0.6 is 0 Å². The Morgan fingerprint density at radius 3 is 2.35 bits per heavy atom. The van der Waals surface area contributed by atoms with Gasteiger partial charge in [-0.05, 0) is 25.7 Å². The third kappa shape index (κ3) is 4.43. The van der Waals surface area contributed by atoms with Crippen LogP contribution in [0.1, 0.15) is 53.4 Å². The molecule has 0 amide bonds. The molecule has 4 atom stereocenters. The molecule has 0 saturated carbocycles. The van der Waals surface area contributed by atoms with Gasteiger partial charge in [-0.25, -0.2) is 0 Å². The fourth-order valence-corrected chi connectivity index (χ4v) is 3.01. The number of hydrogen-bond acceptors (Lipinski definition) is 7. The second-order valence-electron chi connectivity index (χ2n) is 5.97. The molecule has 2 rings (SSSR count). The quantitative estimate of drug-likeness (QED) is 0.712. The van der Waals surface area contributed by atoms with E-state index in [1.165, 1.54) is 13.8 Å². The fourth-order valence-electron chi connectivity index (χ4n) is 3.01. The van der Waals surface area contributed by atoms with E-state index >= 15 is 0 Å². The molecule has 2 aliphatic heterocycles. The fraction of sp³-hybridized carbons (Fsp3) is 0.875. The van der Waals surface area contributed by atoms with Gasteiger partial charge in [0.15, 0.2) is 5.79 Å². The van der Waals surface area contributed by atoms with Crippen molar-refractivity contribution < 1.29 is 33.3 Å². The molecule has 0 aliphatic carbocycles. The van der Waals surface area contributed by atoms with Crippen LogP contribution in [0.25, 0.3) is 0 Å². The van der Waals surface area contributed by atoms with Crippen molar-refractivity contribution in [2.45, 2.75) is 83.8 Å². The normalized spacial score (nSPS) is 32.7. The van der Waals surface area contributed by atoms with E-state index in [-0.39, 0.29) is 24.8 Å². The molecule has 23 heavy (non-hydrogen) atoms. The van der Waals surface area contributed by atoms with E-state index in [0.29, 0.717) is 25.7 Å². The lowest BCUT2D eigenvalue weighted by atomic mass is 10.1. The summed E-state index contributed by atoms with van der Waals surface area (Å²) in [6.45, 7) is 6.80. The summed E-state index contributed by atoms with van der Waals surface area (Å²) in [4.78, 5) is 22.4. The largest absolute Gasteiger partial charge is 0.463 e. The minimum Gasteiger partial charge on any atom is -0.463 e. The van der Waals surface area contributed by atoms with Crippen molar-refractivity contribution in [1.82, 2.24) is 0 Å². The molecular formula is C16H26O7. The van der Waals surface area contributed by atoms with Crippen molar-refractivity contribution >= 4 is 11.9 Å². The number of hydrogen-bond donors (Lipinski definition) is 0. The smallest absolute Gasteiger partial charge is 0.305 e. The molecule has 0 aromatic carbocycles. The van der Waals surface area contributed by atoms with Gasteiger partial charge >= 0.3 is 11.9 Å². The molecule has 0 aromatic rings. The van der Waals surface area contributed by atoms with Crippen molar-refractivity contribution in [3.05, 3.63) is 0 Å². The molecule has 2 saturated heterocycles. The summed E-state index contributed by atoms with van der Waals surface area (Å²) in [5, 5.41) is 0. The van der Waals surface area contributed by atoms with E-state index in [2.05, 4.69) is 0 Å². The third-order valence-corrected chi connectivity index (χ3v) is 4.28. The Hall–Kier alpha value is -1.18. The summed E-state index contributed by atoms with van der Waals surface area (Å²) in [5.74, 6) is -1.47.